The number of hydrogen-bond acceptors (Lipinski definition) is 4. The van der Waals surface area contributed by atoms with E-state index in [2.05, 4.69) is 5.32 Å². The third-order valence-corrected chi connectivity index (χ3v) is 3.94. The molecule has 0 aromatic heterocycles. The van der Waals surface area contributed by atoms with Crippen LogP contribution in [0, 0.1) is 0 Å². The van der Waals surface area contributed by atoms with Crippen molar-refractivity contribution in [2.75, 3.05) is 0 Å². The fourth-order valence-corrected chi connectivity index (χ4v) is 2.47. The molecule has 5 heteroatoms. The van der Waals surface area contributed by atoms with Crippen molar-refractivity contribution >= 4 is 23.7 Å². The number of ketones is 1. The molecule has 0 aliphatic heterocycles. The topological polar surface area (TPSA) is 72.5 Å². The van der Waals surface area contributed by atoms with Crippen LogP contribution in [0.1, 0.15) is 42.3 Å². The van der Waals surface area contributed by atoms with Gasteiger partial charge in [0.05, 0.1) is 0 Å². The van der Waals surface area contributed by atoms with Crippen molar-refractivity contribution in [3.63, 3.8) is 0 Å². The summed E-state index contributed by atoms with van der Waals surface area (Å²) < 4.78 is 5.29. The maximum Gasteiger partial charge on any atom is 0.355 e. The molecule has 0 aliphatic rings. The number of hydrogen-bond donors (Lipinski definition) is 1. The molecule has 1 atom stereocenters. The first-order valence-corrected chi connectivity index (χ1v) is 8.79. The first-order valence-electron chi connectivity index (χ1n) is 8.79. The molecule has 1 unspecified atom stereocenters. The molecule has 0 fully saturated rings. The second-order valence-electron chi connectivity index (χ2n) is 6.11. The van der Waals surface area contributed by atoms with E-state index in [1.165, 1.54) is 19.9 Å². The predicted molar refractivity (Wildman–Crippen MR) is 104 cm³/mol. The zero-order valence-electron chi connectivity index (χ0n) is 15.7. The maximum atomic E-state index is 12.5. The standard InChI is InChI=1S/C22H23NO4/c1-4-17-10-12-19(13-11-17)21(25)15(2)27-22(26)20(23-16(3)24)14-18-8-6-5-7-9-18/h5-15H,4H2,1-3H3,(H,23,24)/b20-14-. The number of aryl methyl sites for hydroxylation is 1. The second kappa shape index (κ2) is 9.48. The van der Waals surface area contributed by atoms with Crippen molar-refractivity contribution in [1.82, 2.24) is 5.32 Å². The molecule has 2 aromatic carbocycles. The van der Waals surface area contributed by atoms with Crippen LogP contribution in [0.15, 0.2) is 60.3 Å². The van der Waals surface area contributed by atoms with Crippen LogP contribution in [-0.4, -0.2) is 23.8 Å². The van der Waals surface area contributed by atoms with Gasteiger partial charge in [-0.2, -0.15) is 0 Å². The van der Waals surface area contributed by atoms with Crippen LogP contribution in [0.3, 0.4) is 0 Å². The van der Waals surface area contributed by atoms with Gasteiger partial charge in [-0.05, 0) is 30.5 Å². The summed E-state index contributed by atoms with van der Waals surface area (Å²) in [6.07, 6.45) is 1.42. The quantitative estimate of drug-likeness (QED) is 0.463. The van der Waals surface area contributed by atoms with Gasteiger partial charge in [0.15, 0.2) is 6.10 Å². The van der Waals surface area contributed by atoms with Crippen molar-refractivity contribution in [1.29, 1.82) is 0 Å². The average molecular weight is 365 g/mol. The van der Waals surface area contributed by atoms with Crippen LogP contribution in [0.4, 0.5) is 0 Å². The lowest BCUT2D eigenvalue weighted by atomic mass is 10.0. The largest absolute Gasteiger partial charge is 0.450 e. The van der Waals surface area contributed by atoms with Crippen LogP contribution in [-0.2, 0) is 20.7 Å². The number of carbonyl (C=O) groups is 3. The minimum Gasteiger partial charge on any atom is -0.450 e. The highest BCUT2D eigenvalue weighted by molar-refractivity contribution is 6.03. The van der Waals surface area contributed by atoms with Gasteiger partial charge in [-0.15, -0.1) is 0 Å². The van der Waals surface area contributed by atoms with Gasteiger partial charge in [0.1, 0.15) is 5.70 Å². The minimum atomic E-state index is -0.974. The van der Waals surface area contributed by atoms with Crippen molar-refractivity contribution in [2.45, 2.75) is 33.3 Å². The number of esters is 1. The first-order chi connectivity index (χ1) is 12.9. The number of carbonyl (C=O) groups excluding carboxylic acids is 3. The van der Waals surface area contributed by atoms with Crippen LogP contribution in [0.25, 0.3) is 6.08 Å². The molecule has 2 aromatic rings. The summed E-state index contributed by atoms with van der Waals surface area (Å²) in [6, 6.07) is 16.2. The molecular weight excluding hydrogens is 342 g/mol. The summed E-state index contributed by atoms with van der Waals surface area (Å²) in [6.45, 7) is 4.85. The molecule has 27 heavy (non-hydrogen) atoms. The Morgan fingerprint density at radius 2 is 1.67 bits per heavy atom. The van der Waals surface area contributed by atoms with Crippen molar-refractivity contribution in [2.24, 2.45) is 0 Å². The summed E-state index contributed by atoms with van der Waals surface area (Å²) >= 11 is 0. The number of Topliss-reactive ketones (excluding diaryl/α,β-unsaturated/α-hetero) is 1. The van der Waals surface area contributed by atoms with Gasteiger partial charge < -0.3 is 10.1 Å². The molecule has 0 saturated carbocycles. The lowest BCUT2D eigenvalue weighted by Gasteiger charge is -2.14. The fraction of sp³-hybridized carbons (Fsp3) is 0.227. The predicted octanol–water partition coefficient (Wildman–Crippen LogP) is 3.54. The van der Waals surface area contributed by atoms with E-state index in [1.54, 1.807) is 24.3 Å². The molecule has 0 bridgehead atoms. The fourth-order valence-electron chi connectivity index (χ4n) is 2.47. The molecule has 1 N–H and O–H groups in total. The number of ether oxygens (including phenoxy) is 1. The number of nitrogens with one attached hydrogen (secondary N) is 1. The Hall–Kier alpha value is -3.21. The third-order valence-electron chi connectivity index (χ3n) is 3.94. The summed E-state index contributed by atoms with van der Waals surface area (Å²) in [5.41, 5.74) is 2.30. The average Bonchev–Trinajstić information content (AvgIpc) is 2.67. The smallest absolute Gasteiger partial charge is 0.355 e. The van der Waals surface area contributed by atoms with Gasteiger partial charge in [0.2, 0.25) is 11.7 Å². The lowest BCUT2D eigenvalue weighted by molar-refractivity contribution is -0.142. The van der Waals surface area contributed by atoms with E-state index < -0.39 is 18.0 Å². The van der Waals surface area contributed by atoms with E-state index in [0.717, 1.165) is 17.5 Å². The van der Waals surface area contributed by atoms with Gasteiger partial charge in [-0.3, -0.25) is 9.59 Å². The Bertz CT molecular complexity index is 838. The number of benzene rings is 2. The molecule has 0 spiro atoms. The van der Waals surface area contributed by atoms with E-state index in [0.29, 0.717) is 5.56 Å². The zero-order chi connectivity index (χ0) is 19.8. The van der Waals surface area contributed by atoms with Gasteiger partial charge in [-0.25, -0.2) is 4.79 Å². The highest BCUT2D eigenvalue weighted by atomic mass is 16.5. The normalized spacial score (nSPS) is 12.2. The molecule has 2 rings (SSSR count). The molecule has 0 saturated heterocycles. The molecule has 1 amide bonds. The van der Waals surface area contributed by atoms with E-state index in [1.807, 2.05) is 37.3 Å². The SMILES string of the molecule is CCc1ccc(C(=O)C(C)OC(=O)/C(=C/c2ccccc2)NC(C)=O)cc1. The van der Waals surface area contributed by atoms with Crippen molar-refractivity contribution < 1.29 is 19.1 Å². The second-order valence-corrected chi connectivity index (χ2v) is 6.11. The van der Waals surface area contributed by atoms with Crippen LogP contribution >= 0.6 is 0 Å². The summed E-state index contributed by atoms with van der Waals surface area (Å²) in [4.78, 5) is 36.4. The molecular formula is C22H23NO4. The zero-order valence-corrected chi connectivity index (χ0v) is 15.7. The lowest BCUT2D eigenvalue weighted by Crippen LogP contribution is -2.31. The highest BCUT2D eigenvalue weighted by Crippen LogP contribution is 2.12. The van der Waals surface area contributed by atoms with Gasteiger partial charge in [0.25, 0.3) is 0 Å². The van der Waals surface area contributed by atoms with E-state index in [-0.39, 0.29) is 11.5 Å². The van der Waals surface area contributed by atoms with E-state index in [9.17, 15) is 14.4 Å². The van der Waals surface area contributed by atoms with Crippen LogP contribution < -0.4 is 5.32 Å². The number of amides is 1. The molecule has 140 valence electrons. The molecule has 0 radical (unpaired) electrons. The Morgan fingerprint density at radius 3 is 2.22 bits per heavy atom. The van der Waals surface area contributed by atoms with Crippen LogP contribution in [0.2, 0.25) is 0 Å². The molecule has 0 heterocycles. The van der Waals surface area contributed by atoms with Gasteiger partial charge in [0, 0.05) is 12.5 Å². The Kier molecular flexibility index (Phi) is 7.06. The number of rotatable bonds is 7. The van der Waals surface area contributed by atoms with E-state index >= 15 is 0 Å². The highest BCUT2D eigenvalue weighted by Gasteiger charge is 2.22. The monoisotopic (exact) mass is 365 g/mol. The van der Waals surface area contributed by atoms with Gasteiger partial charge >= 0.3 is 5.97 Å². The van der Waals surface area contributed by atoms with Crippen LogP contribution in [0.5, 0.6) is 0 Å². The Morgan fingerprint density at radius 1 is 1.04 bits per heavy atom. The van der Waals surface area contributed by atoms with Crippen molar-refractivity contribution in [3.8, 4) is 0 Å². The summed E-state index contributed by atoms with van der Waals surface area (Å²) in [7, 11) is 0. The van der Waals surface area contributed by atoms with Crippen molar-refractivity contribution in [3.05, 3.63) is 77.0 Å². The molecule has 5 nitrogen and oxygen atoms in total. The van der Waals surface area contributed by atoms with Gasteiger partial charge in [-0.1, -0.05) is 61.5 Å². The minimum absolute atomic E-state index is 0.0188. The Balaban J connectivity index is 2.14. The summed E-state index contributed by atoms with van der Waals surface area (Å²) in [5.74, 6) is -1.46. The summed E-state index contributed by atoms with van der Waals surface area (Å²) in [5, 5.41) is 2.46. The third kappa shape index (κ3) is 5.92. The van der Waals surface area contributed by atoms with E-state index in [4.69, 9.17) is 4.74 Å². The first kappa shape index (κ1) is 20.1. The Labute approximate surface area is 159 Å². The maximum absolute atomic E-state index is 12.5. The molecule has 0 aliphatic carbocycles.